The van der Waals surface area contributed by atoms with Crippen LogP contribution in [0.25, 0.3) is 0 Å². The van der Waals surface area contributed by atoms with Gasteiger partial charge in [0.05, 0.1) is 0 Å². The molecule has 1 aromatic rings. The van der Waals surface area contributed by atoms with E-state index < -0.39 is 41.1 Å². The first-order chi connectivity index (χ1) is 11.2. The van der Waals surface area contributed by atoms with Crippen molar-refractivity contribution in [3.8, 4) is 0 Å². The van der Waals surface area contributed by atoms with E-state index in [1.54, 1.807) is 6.92 Å². The molecule has 0 bridgehead atoms. The SMILES string of the molecule is CC(=O)OC[C@]12C[C@H]1[C@@H](OC(C)=O)[C@H](n1cc(C)c(=O)[nH]c1=O)O2. The van der Waals surface area contributed by atoms with E-state index in [-0.39, 0.29) is 12.5 Å². The van der Waals surface area contributed by atoms with Crippen LogP contribution >= 0.6 is 0 Å². The van der Waals surface area contributed by atoms with E-state index in [1.807, 2.05) is 0 Å². The highest BCUT2D eigenvalue weighted by atomic mass is 16.6. The predicted octanol–water partition coefficient (Wildman–Crippen LogP) is -0.373. The number of aryl methyl sites for hydroxylation is 1. The lowest BCUT2D eigenvalue weighted by Crippen LogP contribution is -2.39. The summed E-state index contributed by atoms with van der Waals surface area (Å²) in [5, 5.41) is 0. The zero-order chi connectivity index (χ0) is 17.6. The maximum Gasteiger partial charge on any atom is 0.330 e. The van der Waals surface area contributed by atoms with Crippen LogP contribution in [0.1, 0.15) is 32.1 Å². The molecule has 1 aliphatic carbocycles. The van der Waals surface area contributed by atoms with Gasteiger partial charge in [0.2, 0.25) is 0 Å². The lowest BCUT2D eigenvalue weighted by atomic mass is 10.2. The molecule has 2 aliphatic rings. The number of rotatable bonds is 4. The third-order valence-electron chi connectivity index (χ3n) is 4.36. The first-order valence-corrected chi connectivity index (χ1v) is 7.54. The topological polar surface area (TPSA) is 117 Å². The molecule has 0 unspecified atom stereocenters. The van der Waals surface area contributed by atoms with Gasteiger partial charge in [0, 0.05) is 31.5 Å². The summed E-state index contributed by atoms with van der Waals surface area (Å²) >= 11 is 0. The summed E-state index contributed by atoms with van der Waals surface area (Å²) in [4.78, 5) is 48.3. The van der Waals surface area contributed by atoms with Gasteiger partial charge < -0.3 is 14.2 Å². The van der Waals surface area contributed by atoms with Crippen molar-refractivity contribution in [2.45, 2.75) is 45.1 Å². The fraction of sp³-hybridized carbons (Fsp3) is 0.600. The molecular formula is C15H18N2O7. The number of hydrogen-bond donors (Lipinski definition) is 1. The molecule has 4 atom stereocenters. The Morgan fingerprint density at radius 2 is 2.08 bits per heavy atom. The number of fused-ring (bicyclic) bond motifs is 1. The number of ether oxygens (including phenoxy) is 3. The van der Waals surface area contributed by atoms with E-state index in [2.05, 4.69) is 4.98 Å². The van der Waals surface area contributed by atoms with Crippen LogP contribution in [0.4, 0.5) is 0 Å². The van der Waals surface area contributed by atoms with Gasteiger partial charge in [-0.2, -0.15) is 0 Å². The van der Waals surface area contributed by atoms with E-state index >= 15 is 0 Å². The van der Waals surface area contributed by atoms with Gasteiger partial charge in [-0.1, -0.05) is 0 Å². The molecule has 1 N–H and O–H groups in total. The average Bonchev–Trinajstić information content (AvgIpc) is 3.12. The highest BCUT2D eigenvalue weighted by Gasteiger charge is 2.70. The lowest BCUT2D eigenvalue weighted by molar-refractivity contribution is -0.160. The van der Waals surface area contributed by atoms with Crippen molar-refractivity contribution in [3.05, 3.63) is 32.6 Å². The second-order valence-corrected chi connectivity index (χ2v) is 6.22. The molecule has 0 aromatic carbocycles. The van der Waals surface area contributed by atoms with Crippen LogP contribution in [0.3, 0.4) is 0 Å². The van der Waals surface area contributed by atoms with Gasteiger partial charge in [-0.05, 0) is 13.3 Å². The van der Waals surface area contributed by atoms with Crippen molar-refractivity contribution in [1.82, 2.24) is 9.55 Å². The molecule has 3 rings (SSSR count). The summed E-state index contributed by atoms with van der Waals surface area (Å²) < 4.78 is 17.5. The second-order valence-electron chi connectivity index (χ2n) is 6.22. The van der Waals surface area contributed by atoms with Gasteiger partial charge in [-0.25, -0.2) is 4.79 Å². The molecule has 2 heterocycles. The van der Waals surface area contributed by atoms with Crippen LogP contribution in [0.5, 0.6) is 0 Å². The number of aromatic amines is 1. The molecule has 1 aliphatic heterocycles. The maximum atomic E-state index is 12.1. The molecule has 1 saturated carbocycles. The summed E-state index contributed by atoms with van der Waals surface area (Å²) in [6.07, 6.45) is 0.352. The van der Waals surface area contributed by atoms with Crippen molar-refractivity contribution >= 4 is 11.9 Å². The molecule has 24 heavy (non-hydrogen) atoms. The Bertz CT molecular complexity index is 811. The van der Waals surface area contributed by atoms with Crippen LogP contribution in [-0.2, 0) is 23.8 Å². The quantitative estimate of drug-likeness (QED) is 0.744. The molecule has 1 aromatic heterocycles. The molecule has 9 nitrogen and oxygen atoms in total. The van der Waals surface area contributed by atoms with Crippen molar-refractivity contribution in [2.75, 3.05) is 6.61 Å². The van der Waals surface area contributed by atoms with E-state index in [0.717, 1.165) is 0 Å². The Balaban J connectivity index is 1.93. The van der Waals surface area contributed by atoms with Crippen molar-refractivity contribution in [3.63, 3.8) is 0 Å². The van der Waals surface area contributed by atoms with Gasteiger partial charge in [0.1, 0.15) is 12.2 Å². The Labute approximate surface area is 136 Å². The Hall–Kier alpha value is -2.42. The minimum Gasteiger partial charge on any atom is -0.463 e. The number of aromatic nitrogens is 2. The van der Waals surface area contributed by atoms with Crippen LogP contribution in [0.2, 0.25) is 0 Å². The molecule has 0 radical (unpaired) electrons. The van der Waals surface area contributed by atoms with Gasteiger partial charge in [-0.15, -0.1) is 0 Å². The zero-order valence-electron chi connectivity index (χ0n) is 13.5. The van der Waals surface area contributed by atoms with Gasteiger partial charge in [0.25, 0.3) is 5.56 Å². The first kappa shape index (κ1) is 16.4. The van der Waals surface area contributed by atoms with Crippen LogP contribution in [-0.4, -0.2) is 39.8 Å². The van der Waals surface area contributed by atoms with E-state index in [4.69, 9.17) is 14.2 Å². The Morgan fingerprint density at radius 3 is 2.71 bits per heavy atom. The minimum absolute atomic E-state index is 0.0261. The monoisotopic (exact) mass is 338 g/mol. The highest BCUT2D eigenvalue weighted by molar-refractivity contribution is 5.66. The molecular weight excluding hydrogens is 320 g/mol. The minimum atomic E-state index is -0.883. The summed E-state index contributed by atoms with van der Waals surface area (Å²) in [5.41, 5.74) is -1.58. The second kappa shape index (κ2) is 5.59. The zero-order valence-corrected chi connectivity index (χ0v) is 13.5. The lowest BCUT2D eigenvalue weighted by Gasteiger charge is -2.24. The van der Waals surface area contributed by atoms with Crippen molar-refractivity contribution in [1.29, 1.82) is 0 Å². The van der Waals surface area contributed by atoms with Crippen molar-refractivity contribution in [2.24, 2.45) is 5.92 Å². The highest BCUT2D eigenvalue weighted by Crippen LogP contribution is 2.60. The fourth-order valence-electron chi connectivity index (χ4n) is 3.12. The van der Waals surface area contributed by atoms with Crippen LogP contribution in [0, 0.1) is 12.8 Å². The fourth-order valence-corrected chi connectivity index (χ4v) is 3.12. The van der Waals surface area contributed by atoms with Gasteiger partial charge in [0.15, 0.2) is 12.3 Å². The number of carbonyl (C=O) groups is 2. The third-order valence-corrected chi connectivity index (χ3v) is 4.36. The summed E-state index contributed by atoms with van der Waals surface area (Å²) in [7, 11) is 0. The molecule has 1 saturated heterocycles. The summed E-state index contributed by atoms with van der Waals surface area (Å²) in [6.45, 7) is 4.14. The molecule has 130 valence electrons. The number of nitrogens with one attached hydrogen (secondary N) is 1. The summed E-state index contributed by atoms with van der Waals surface area (Å²) in [5.74, 6) is -1.12. The smallest absolute Gasteiger partial charge is 0.330 e. The maximum absolute atomic E-state index is 12.1. The number of H-pyrrole nitrogens is 1. The van der Waals surface area contributed by atoms with E-state index in [0.29, 0.717) is 12.0 Å². The van der Waals surface area contributed by atoms with Crippen molar-refractivity contribution < 1.29 is 23.8 Å². The average molecular weight is 338 g/mol. The largest absolute Gasteiger partial charge is 0.463 e. The molecule has 0 spiro atoms. The molecule has 2 fully saturated rings. The number of hydrogen-bond acceptors (Lipinski definition) is 7. The van der Waals surface area contributed by atoms with E-state index in [9.17, 15) is 19.2 Å². The number of esters is 2. The Kier molecular flexibility index (Phi) is 3.83. The van der Waals surface area contributed by atoms with Gasteiger partial charge >= 0.3 is 17.6 Å². The summed E-state index contributed by atoms with van der Waals surface area (Å²) in [6, 6.07) is 0. The third kappa shape index (κ3) is 2.75. The number of nitrogens with zero attached hydrogens (tertiary/aromatic N) is 1. The van der Waals surface area contributed by atoms with E-state index in [1.165, 1.54) is 24.6 Å². The van der Waals surface area contributed by atoms with Crippen LogP contribution < -0.4 is 11.2 Å². The predicted molar refractivity (Wildman–Crippen MR) is 79.2 cm³/mol. The van der Waals surface area contributed by atoms with Crippen LogP contribution in [0.15, 0.2) is 15.8 Å². The van der Waals surface area contributed by atoms with Gasteiger partial charge in [-0.3, -0.25) is 23.9 Å². The molecule has 0 amide bonds. The Morgan fingerprint density at radius 1 is 1.38 bits per heavy atom. The first-order valence-electron chi connectivity index (χ1n) is 7.54. The normalized spacial score (nSPS) is 30.5. The standard InChI is InChI=1S/C15H18N2O7/c1-7-5-17(14(21)16-12(7)20)13-11(23-9(3)19)10-4-15(10,24-13)6-22-8(2)18/h5,10-11,13H,4,6H2,1-3H3,(H,16,20,21)/t10-,11+,13+,15+/m0/s1. The number of carbonyl (C=O) groups excluding carboxylic acids is 2. The molecule has 9 heteroatoms.